The van der Waals surface area contributed by atoms with E-state index in [1.165, 1.54) is 16.2 Å². The Kier molecular flexibility index (Phi) is 5.44. The molecule has 0 atom stereocenters. The molecular formula is C17H19ClN2O2S. The maximum atomic E-state index is 12.3. The van der Waals surface area contributed by atoms with Crippen LogP contribution in [-0.4, -0.2) is 23.2 Å². The van der Waals surface area contributed by atoms with Gasteiger partial charge in [-0.25, -0.2) is 14.7 Å². The zero-order valence-corrected chi connectivity index (χ0v) is 14.9. The van der Waals surface area contributed by atoms with E-state index in [1.807, 2.05) is 50.4 Å². The molecule has 1 heterocycles. The van der Waals surface area contributed by atoms with Gasteiger partial charge in [0, 0.05) is 22.5 Å². The second kappa shape index (κ2) is 7.15. The summed E-state index contributed by atoms with van der Waals surface area (Å²) in [6.07, 6.45) is 1.21. The van der Waals surface area contributed by atoms with Gasteiger partial charge in [-0.3, -0.25) is 0 Å². The predicted octanol–water partition coefficient (Wildman–Crippen LogP) is 5.39. The summed E-state index contributed by atoms with van der Waals surface area (Å²) >= 11 is 7.28. The lowest BCUT2D eigenvalue weighted by Gasteiger charge is -2.25. The quantitative estimate of drug-likeness (QED) is 0.694. The van der Waals surface area contributed by atoms with Crippen LogP contribution >= 0.6 is 22.9 Å². The molecule has 1 aromatic carbocycles. The van der Waals surface area contributed by atoms with E-state index in [0.717, 1.165) is 11.3 Å². The van der Waals surface area contributed by atoms with Crippen molar-refractivity contribution in [1.29, 1.82) is 0 Å². The minimum Gasteiger partial charge on any atom is -0.443 e. The van der Waals surface area contributed by atoms with Crippen LogP contribution in [0.5, 0.6) is 0 Å². The Balaban J connectivity index is 2.25. The number of nitrogens with zero attached hydrogens (tertiary/aromatic N) is 2. The van der Waals surface area contributed by atoms with Crippen molar-refractivity contribution in [1.82, 2.24) is 4.98 Å². The van der Waals surface area contributed by atoms with E-state index in [9.17, 15) is 4.79 Å². The molecule has 0 saturated heterocycles. The van der Waals surface area contributed by atoms with Crippen molar-refractivity contribution in [2.75, 3.05) is 11.4 Å². The number of hydrogen-bond donors (Lipinski definition) is 0. The maximum Gasteiger partial charge on any atom is 0.416 e. The molecule has 1 aromatic heterocycles. The van der Waals surface area contributed by atoms with Crippen LogP contribution in [0.3, 0.4) is 0 Å². The minimum atomic E-state index is -0.563. The van der Waals surface area contributed by atoms with E-state index >= 15 is 0 Å². The second-order valence-electron chi connectivity index (χ2n) is 5.90. The van der Waals surface area contributed by atoms with Crippen LogP contribution in [0.4, 0.5) is 9.93 Å². The van der Waals surface area contributed by atoms with E-state index in [2.05, 4.69) is 11.6 Å². The number of carbonyl (C=O) groups is 1. The summed E-state index contributed by atoms with van der Waals surface area (Å²) < 4.78 is 5.43. The summed E-state index contributed by atoms with van der Waals surface area (Å²) in [6.45, 7) is 9.52. The van der Waals surface area contributed by atoms with Crippen molar-refractivity contribution >= 4 is 34.2 Å². The third-order valence-corrected chi connectivity index (χ3v) is 3.90. The number of thiazole rings is 1. The van der Waals surface area contributed by atoms with Gasteiger partial charge in [-0.2, -0.15) is 0 Å². The Morgan fingerprint density at radius 3 is 2.61 bits per heavy atom. The standard InChI is InChI=1S/C17H19ClN2O2S/c1-5-10-20(16(21)22-17(2,3)4)15-19-14(11-23-15)12-6-8-13(18)9-7-12/h5-9,11H,1,10H2,2-4H3. The highest BCUT2D eigenvalue weighted by Gasteiger charge is 2.24. The molecule has 0 aliphatic heterocycles. The first-order chi connectivity index (χ1) is 10.8. The Hall–Kier alpha value is -1.85. The summed E-state index contributed by atoms with van der Waals surface area (Å²) in [5.74, 6) is 0. The second-order valence-corrected chi connectivity index (χ2v) is 7.17. The van der Waals surface area contributed by atoms with Crippen molar-refractivity contribution in [3.63, 3.8) is 0 Å². The minimum absolute atomic E-state index is 0.336. The number of benzene rings is 1. The van der Waals surface area contributed by atoms with Crippen LogP contribution in [0.25, 0.3) is 11.3 Å². The third kappa shape index (κ3) is 4.81. The molecule has 0 saturated carbocycles. The largest absolute Gasteiger partial charge is 0.443 e. The maximum absolute atomic E-state index is 12.3. The van der Waals surface area contributed by atoms with Crippen molar-refractivity contribution < 1.29 is 9.53 Å². The van der Waals surface area contributed by atoms with Crippen molar-refractivity contribution in [3.8, 4) is 11.3 Å². The predicted molar refractivity (Wildman–Crippen MR) is 96.3 cm³/mol. The zero-order chi connectivity index (χ0) is 17.0. The number of halogens is 1. The van der Waals surface area contributed by atoms with Crippen LogP contribution in [0.2, 0.25) is 5.02 Å². The van der Waals surface area contributed by atoms with E-state index in [-0.39, 0.29) is 0 Å². The highest BCUT2D eigenvalue weighted by Crippen LogP contribution is 2.29. The Labute approximate surface area is 145 Å². The molecule has 122 valence electrons. The molecule has 0 radical (unpaired) electrons. The fraction of sp³-hybridized carbons (Fsp3) is 0.294. The van der Waals surface area contributed by atoms with Crippen LogP contribution in [0.15, 0.2) is 42.3 Å². The monoisotopic (exact) mass is 350 g/mol. The summed E-state index contributed by atoms with van der Waals surface area (Å²) in [4.78, 5) is 18.4. The van der Waals surface area contributed by atoms with Gasteiger partial charge in [0.05, 0.1) is 5.69 Å². The third-order valence-electron chi connectivity index (χ3n) is 2.79. The molecule has 2 aromatic rings. The Bertz CT molecular complexity index is 689. The first kappa shape index (κ1) is 17.5. The van der Waals surface area contributed by atoms with Crippen LogP contribution in [0.1, 0.15) is 20.8 Å². The normalized spacial score (nSPS) is 11.1. The molecular weight excluding hydrogens is 332 g/mol. The number of anilines is 1. The van der Waals surface area contributed by atoms with Crippen LogP contribution < -0.4 is 4.90 Å². The molecule has 0 aliphatic carbocycles. The molecule has 0 N–H and O–H groups in total. The lowest BCUT2D eigenvalue weighted by molar-refractivity contribution is 0.0584. The van der Waals surface area contributed by atoms with Gasteiger partial charge in [0.15, 0.2) is 5.13 Å². The van der Waals surface area contributed by atoms with Crippen molar-refractivity contribution in [2.45, 2.75) is 26.4 Å². The molecule has 0 unspecified atom stereocenters. The van der Waals surface area contributed by atoms with Gasteiger partial charge < -0.3 is 4.74 Å². The van der Waals surface area contributed by atoms with Crippen LogP contribution in [-0.2, 0) is 4.74 Å². The smallest absolute Gasteiger partial charge is 0.416 e. The highest BCUT2D eigenvalue weighted by atomic mass is 35.5. The molecule has 0 fully saturated rings. The summed E-state index contributed by atoms with van der Waals surface area (Å²) in [6, 6.07) is 7.41. The SMILES string of the molecule is C=CCN(C(=O)OC(C)(C)C)c1nc(-c2ccc(Cl)cc2)cs1. The van der Waals surface area contributed by atoms with Gasteiger partial charge in [-0.05, 0) is 32.9 Å². The summed E-state index contributed by atoms with van der Waals surface area (Å²) in [5, 5.41) is 3.15. The van der Waals surface area contributed by atoms with E-state index in [0.29, 0.717) is 16.7 Å². The molecule has 0 aliphatic rings. The van der Waals surface area contributed by atoms with Gasteiger partial charge >= 0.3 is 6.09 Å². The number of ether oxygens (including phenoxy) is 1. The van der Waals surface area contributed by atoms with E-state index in [4.69, 9.17) is 16.3 Å². The van der Waals surface area contributed by atoms with Gasteiger partial charge in [0.1, 0.15) is 5.60 Å². The molecule has 4 nitrogen and oxygen atoms in total. The number of rotatable bonds is 4. The molecule has 0 bridgehead atoms. The lowest BCUT2D eigenvalue weighted by atomic mass is 10.2. The Morgan fingerprint density at radius 1 is 1.39 bits per heavy atom. The highest BCUT2D eigenvalue weighted by molar-refractivity contribution is 7.14. The number of carbonyl (C=O) groups excluding carboxylic acids is 1. The average Bonchev–Trinajstić information content (AvgIpc) is 2.93. The average molecular weight is 351 g/mol. The molecule has 6 heteroatoms. The Morgan fingerprint density at radius 2 is 2.04 bits per heavy atom. The molecule has 23 heavy (non-hydrogen) atoms. The van der Waals surface area contributed by atoms with Gasteiger partial charge in [-0.15, -0.1) is 17.9 Å². The summed E-state index contributed by atoms with van der Waals surface area (Å²) in [7, 11) is 0. The van der Waals surface area contributed by atoms with Gasteiger partial charge in [0.25, 0.3) is 0 Å². The summed E-state index contributed by atoms with van der Waals surface area (Å²) in [5.41, 5.74) is 1.17. The number of aromatic nitrogens is 1. The van der Waals surface area contributed by atoms with E-state index in [1.54, 1.807) is 6.08 Å². The molecule has 1 amide bonds. The first-order valence-corrected chi connectivity index (χ1v) is 8.39. The fourth-order valence-corrected chi connectivity index (χ4v) is 2.78. The number of amides is 1. The fourth-order valence-electron chi connectivity index (χ4n) is 1.82. The van der Waals surface area contributed by atoms with Crippen LogP contribution in [0, 0.1) is 0 Å². The number of hydrogen-bond acceptors (Lipinski definition) is 4. The van der Waals surface area contributed by atoms with Gasteiger partial charge in [0.2, 0.25) is 0 Å². The van der Waals surface area contributed by atoms with Crippen molar-refractivity contribution in [2.24, 2.45) is 0 Å². The zero-order valence-electron chi connectivity index (χ0n) is 13.4. The van der Waals surface area contributed by atoms with Gasteiger partial charge in [-0.1, -0.05) is 29.8 Å². The lowest BCUT2D eigenvalue weighted by Crippen LogP contribution is -2.37. The molecule has 2 rings (SSSR count). The van der Waals surface area contributed by atoms with Crippen molar-refractivity contribution in [3.05, 3.63) is 47.3 Å². The van der Waals surface area contributed by atoms with E-state index < -0.39 is 11.7 Å². The topological polar surface area (TPSA) is 42.4 Å². The molecule has 0 spiro atoms. The first-order valence-electron chi connectivity index (χ1n) is 7.13.